The third kappa shape index (κ3) is 2.78. The van der Waals surface area contributed by atoms with Crippen LogP contribution in [-0.4, -0.2) is 11.6 Å². The number of halogens is 2. The third-order valence-electron chi connectivity index (χ3n) is 3.79. The van der Waals surface area contributed by atoms with Crippen LogP contribution in [0.2, 0.25) is 0 Å². The van der Waals surface area contributed by atoms with Crippen molar-refractivity contribution in [3.8, 4) is 0 Å². The molecule has 0 bridgehead atoms. The maximum Gasteiger partial charge on any atom is 0.211 e. The van der Waals surface area contributed by atoms with E-state index in [4.69, 9.17) is 11.6 Å². The van der Waals surface area contributed by atoms with Gasteiger partial charge in [0.2, 0.25) is 11.6 Å². The molecule has 0 saturated carbocycles. The number of Topliss-reactive ketones (excluding diaryl/α,β-unsaturated/α-hetero) is 2. The number of fused-ring (bicyclic) bond motifs is 1. The third-order valence-corrected chi connectivity index (χ3v) is 4.15. The number of rotatable bonds is 3. The molecule has 1 atom stereocenters. The molecule has 0 saturated heterocycles. The Morgan fingerprint density at radius 2 is 1.52 bits per heavy atom. The molecule has 3 nitrogen and oxygen atoms in total. The average molecular weight is 330 g/mol. The Balaban J connectivity index is 1.93. The average Bonchev–Trinajstić information content (AvgIpc) is 2.57. The summed E-state index contributed by atoms with van der Waals surface area (Å²) in [6.45, 7) is 1.81. The standard InChI is InChI=1S/C18H13ClFNO2/c1-10(11-6-8-12(20)9-7-11)21-16-15(19)17(22)13-4-2-3-5-14(13)18(16)23/h2-10,21H,1H3. The second-order valence-electron chi connectivity index (χ2n) is 5.31. The summed E-state index contributed by atoms with van der Waals surface area (Å²) in [5.41, 5.74) is 1.49. The summed E-state index contributed by atoms with van der Waals surface area (Å²) in [7, 11) is 0. The number of carbonyl (C=O) groups is 2. The number of allylic oxidation sites excluding steroid dienone is 2. The van der Waals surface area contributed by atoms with Crippen molar-refractivity contribution in [2.24, 2.45) is 0 Å². The van der Waals surface area contributed by atoms with Crippen LogP contribution < -0.4 is 5.32 Å². The first-order valence-corrected chi connectivity index (χ1v) is 7.47. The van der Waals surface area contributed by atoms with Gasteiger partial charge in [-0.15, -0.1) is 0 Å². The Morgan fingerprint density at radius 1 is 0.957 bits per heavy atom. The molecule has 0 spiro atoms. The maximum absolute atomic E-state index is 13.0. The maximum atomic E-state index is 13.0. The minimum absolute atomic E-state index is 0.0761. The van der Waals surface area contributed by atoms with E-state index < -0.39 is 0 Å². The van der Waals surface area contributed by atoms with E-state index in [0.29, 0.717) is 11.1 Å². The van der Waals surface area contributed by atoms with E-state index in [1.54, 1.807) is 36.4 Å². The van der Waals surface area contributed by atoms with Crippen molar-refractivity contribution in [1.82, 2.24) is 5.32 Å². The van der Waals surface area contributed by atoms with Crippen molar-refractivity contribution in [1.29, 1.82) is 0 Å². The monoisotopic (exact) mass is 329 g/mol. The molecule has 0 aliphatic heterocycles. The van der Waals surface area contributed by atoms with Gasteiger partial charge in [-0.05, 0) is 24.6 Å². The summed E-state index contributed by atoms with van der Waals surface area (Å²) in [6.07, 6.45) is 0. The number of hydrogen-bond acceptors (Lipinski definition) is 3. The van der Waals surface area contributed by atoms with Crippen LogP contribution in [0, 0.1) is 5.82 Å². The number of hydrogen-bond donors (Lipinski definition) is 1. The van der Waals surface area contributed by atoms with Crippen molar-refractivity contribution in [2.45, 2.75) is 13.0 Å². The summed E-state index contributed by atoms with van der Waals surface area (Å²) >= 11 is 6.10. The molecule has 1 aliphatic carbocycles. The molecule has 1 unspecified atom stereocenters. The quantitative estimate of drug-likeness (QED) is 0.925. The van der Waals surface area contributed by atoms with E-state index in [1.807, 2.05) is 6.92 Å². The van der Waals surface area contributed by atoms with Gasteiger partial charge in [0.05, 0.1) is 0 Å². The first-order chi connectivity index (χ1) is 11.0. The minimum Gasteiger partial charge on any atom is -0.374 e. The Morgan fingerprint density at radius 3 is 2.13 bits per heavy atom. The lowest BCUT2D eigenvalue weighted by molar-refractivity contribution is 0.0973. The van der Waals surface area contributed by atoms with Gasteiger partial charge in [0, 0.05) is 17.2 Å². The number of benzene rings is 2. The van der Waals surface area contributed by atoms with Crippen molar-refractivity contribution >= 4 is 23.2 Å². The predicted molar refractivity (Wildman–Crippen MR) is 85.9 cm³/mol. The van der Waals surface area contributed by atoms with Gasteiger partial charge in [-0.1, -0.05) is 48.0 Å². The number of carbonyl (C=O) groups excluding carboxylic acids is 2. The zero-order valence-corrected chi connectivity index (χ0v) is 13.0. The molecule has 23 heavy (non-hydrogen) atoms. The minimum atomic E-state index is -0.379. The smallest absolute Gasteiger partial charge is 0.211 e. The second kappa shape index (κ2) is 5.97. The molecule has 2 aromatic rings. The lowest BCUT2D eigenvalue weighted by atomic mass is 9.92. The van der Waals surface area contributed by atoms with Gasteiger partial charge in [0.25, 0.3) is 0 Å². The molecule has 116 valence electrons. The van der Waals surface area contributed by atoms with Crippen LogP contribution in [0.15, 0.2) is 59.3 Å². The first kappa shape index (κ1) is 15.4. The molecular formula is C18H13ClFNO2. The van der Waals surface area contributed by atoms with Crippen molar-refractivity contribution < 1.29 is 14.0 Å². The van der Waals surface area contributed by atoms with Gasteiger partial charge < -0.3 is 5.32 Å². The van der Waals surface area contributed by atoms with Gasteiger partial charge in [0.15, 0.2) is 0 Å². The molecule has 0 aromatic heterocycles. The van der Waals surface area contributed by atoms with E-state index in [-0.39, 0.29) is 34.2 Å². The molecule has 2 aromatic carbocycles. The summed E-state index contributed by atoms with van der Waals surface area (Å²) in [5.74, 6) is -1.04. The fourth-order valence-electron chi connectivity index (χ4n) is 2.53. The topological polar surface area (TPSA) is 46.2 Å². The van der Waals surface area contributed by atoms with E-state index in [1.165, 1.54) is 12.1 Å². The van der Waals surface area contributed by atoms with Crippen molar-refractivity contribution in [2.75, 3.05) is 0 Å². The van der Waals surface area contributed by atoms with Crippen LogP contribution in [0.1, 0.15) is 39.2 Å². The molecule has 1 aliphatic rings. The fourth-order valence-corrected chi connectivity index (χ4v) is 2.77. The van der Waals surface area contributed by atoms with Gasteiger partial charge >= 0.3 is 0 Å². The molecule has 0 heterocycles. The summed E-state index contributed by atoms with van der Waals surface area (Å²) in [5, 5.41) is 2.86. The Labute approximate surface area is 137 Å². The lowest BCUT2D eigenvalue weighted by Gasteiger charge is -2.22. The molecule has 5 heteroatoms. The summed E-state index contributed by atoms with van der Waals surface area (Å²) in [6, 6.07) is 12.2. The predicted octanol–water partition coefficient (Wildman–Crippen LogP) is 4.01. The van der Waals surface area contributed by atoms with Gasteiger partial charge in [-0.25, -0.2) is 4.39 Å². The number of ketones is 2. The van der Waals surface area contributed by atoms with Gasteiger partial charge in [0.1, 0.15) is 16.5 Å². The number of nitrogens with one attached hydrogen (secondary N) is 1. The molecule has 1 N–H and O–H groups in total. The van der Waals surface area contributed by atoms with Crippen molar-refractivity contribution in [3.05, 3.63) is 81.8 Å². The highest BCUT2D eigenvalue weighted by atomic mass is 35.5. The SMILES string of the molecule is CC(NC1=C(Cl)C(=O)c2ccccc2C1=O)c1ccc(F)cc1. The highest BCUT2D eigenvalue weighted by Crippen LogP contribution is 2.28. The van der Waals surface area contributed by atoms with Crippen LogP contribution in [0.5, 0.6) is 0 Å². The van der Waals surface area contributed by atoms with E-state index >= 15 is 0 Å². The zero-order chi connectivity index (χ0) is 16.6. The van der Waals surface area contributed by atoms with Crippen LogP contribution >= 0.6 is 11.6 Å². The highest BCUT2D eigenvalue weighted by Gasteiger charge is 2.31. The van der Waals surface area contributed by atoms with Crippen LogP contribution in [0.25, 0.3) is 0 Å². The molecule has 3 rings (SSSR count). The Bertz CT molecular complexity index is 827. The Kier molecular flexibility index (Phi) is 4.01. The summed E-state index contributed by atoms with van der Waals surface area (Å²) in [4.78, 5) is 24.9. The summed E-state index contributed by atoms with van der Waals surface area (Å²) < 4.78 is 13.0. The highest BCUT2D eigenvalue weighted by molar-refractivity contribution is 6.49. The molecule has 0 amide bonds. The molecular weight excluding hydrogens is 317 g/mol. The van der Waals surface area contributed by atoms with Crippen LogP contribution in [0.3, 0.4) is 0 Å². The second-order valence-corrected chi connectivity index (χ2v) is 5.69. The van der Waals surface area contributed by atoms with Crippen molar-refractivity contribution in [3.63, 3.8) is 0 Å². The van der Waals surface area contributed by atoms with Gasteiger partial charge in [-0.2, -0.15) is 0 Å². The Hall–Kier alpha value is -2.46. The van der Waals surface area contributed by atoms with E-state index in [2.05, 4.69) is 5.32 Å². The normalized spacial score (nSPS) is 15.4. The van der Waals surface area contributed by atoms with E-state index in [9.17, 15) is 14.0 Å². The van der Waals surface area contributed by atoms with Gasteiger partial charge in [-0.3, -0.25) is 9.59 Å². The fraction of sp³-hybridized carbons (Fsp3) is 0.111. The molecule has 0 radical (unpaired) electrons. The van der Waals surface area contributed by atoms with Crippen LogP contribution in [0.4, 0.5) is 4.39 Å². The first-order valence-electron chi connectivity index (χ1n) is 7.09. The zero-order valence-electron chi connectivity index (χ0n) is 12.3. The van der Waals surface area contributed by atoms with E-state index in [0.717, 1.165) is 5.56 Å². The molecule has 0 fully saturated rings. The largest absolute Gasteiger partial charge is 0.374 e. The van der Waals surface area contributed by atoms with Crippen LogP contribution in [-0.2, 0) is 0 Å². The lowest BCUT2D eigenvalue weighted by Crippen LogP contribution is -2.30.